The molecule has 26 heavy (non-hydrogen) atoms. The predicted molar refractivity (Wildman–Crippen MR) is 99.6 cm³/mol. The van der Waals surface area contributed by atoms with Gasteiger partial charge in [-0.1, -0.05) is 53.5 Å². The molecule has 7 heteroatoms. The molecular formula is C19H14Cl2N2O3. The molecule has 0 saturated carbocycles. The second kappa shape index (κ2) is 8.17. The van der Waals surface area contributed by atoms with Gasteiger partial charge in [0, 0.05) is 17.3 Å². The Morgan fingerprint density at radius 2 is 1.65 bits per heavy atom. The summed E-state index contributed by atoms with van der Waals surface area (Å²) in [5.41, 5.74) is 2.22. The van der Waals surface area contributed by atoms with Crippen molar-refractivity contribution in [2.75, 3.05) is 7.11 Å². The number of carbonyl (C=O) groups is 1. The molecule has 0 aliphatic carbocycles. The zero-order valence-electron chi connectivity index (χ0n) is 13.8. The SMILES string of the molecule is COc1cnc(Cl)cc1-c1cc(Cl)ncc1C(=O)OCc1ccccc1. The zero-order chi connectivity index (χ0) is 18.5. The number of nitrogens with zero attached hydrogens (tertiary/aromatic N) is 2. The van der Waals surface area contributed by atoms with Crippen molar-refractivity contribution in [1.82, 2.24) is 9.97 Å². The Kier molecular flexibility index (Phi) is 5.71. The number of pyridine rings is 2. The van der Waals surface area contributed by atoms with Crippen LogP contribution in [-0.4, -0.2) is 23.0 Å². The molecule has 0 aliphatic heterocycles. The van der Waals surface area contributed by atoms with E-state index in [1.165, 1.54) is 19.5 Å². The highest BCUT2D eigenvalue weighted by Gasteiger charge is 2.19. The van der Waals surface area contributed by atoms with Gasteiger partial charge < -0.3 is 9.47 Å². The minimum Gasteiger partial charge on any atom is -0.494 e. The van der Waals surface area contributed by atoms with Crippen LogP contribution in [0, 0.1) is 0 Å². The first kappa shape index (κ1) is 18.2. The molecule has 0 amide bonds. The number of aromatic nitrogens is 2. The fraction of sp³-hybridized carbons (Fsp3) is 0.105. The van der Waals surface area contributed by atoms with Crippen LogP contribution in [0.15, 0.2) is 54.9 Å². The maximum atomic E-state index is 12.6. The highest BCUT2D eigenvalue weighted by molar-refractivity contribution is 6.30. The van der Waals surface area contributed by atoms with Crippen LogP contribution in [0.4, 0.5) is 0 Å². The minimum absolute atomic E-state index is 0.149. The van der Waals surface area contributed by atoms with Crippen LogP contribution >= 0.6 is 23.2 Å². The van der Waals surface area contributed by atoms with Crippen LogP contribution in [-0.2, 0) is 11.3 Å². The van der Waals surface area contributed by atoms with Gasteiger partial charge in [-0.2, -0.15) is 0 Å². The smallest absolute Gasteiger partial charge is 0.340 e. The maximum Gasteiger partial charge on any atom is 0.340 e. The van der Waals surface area contributed by atoms with E-state index >= 15 is 0 Å². The van der Waals surface area contributed by atoms with Crippen molar-refractivity contribution in [3.63, 3.8) is 0 Å². The topological polar surface area (TPSA) is 61.3 Å². The first-order valence-electron chi connectivity index (χ1n) is 7.65. The molecule has 0 bridgehead atoms. The summed E-state index contributed by atoms with van der Waals surface area (Å²) in [7, 11) is 1.50. The summed E-state index contributed by atoms with van der Waals surface area (Å²) < 4.78 is 10.7. The first-order valence-corrected chi connectivity index (χ1v) is 8.40. The molecule has 2 aromatic heterocycles. The number of rotatable bonds is 5. The monoisotopic (exact) mass is 388 g/mol. The highest BCUT2D eigenvalue weighted by Crippen LogP contribution is 2.34. The third-order valence-electron chi connectivity index (χ3n) is 3.65. The van der Waals surface area contributed by atoms with E-state index in [2.05, 4.69) is 9.97 Å². The average Bonchev–Trinajstić information content (AvgIpc) is 2.67. The first-order chi connectivity index (χ1) is 12.6. The number of hydrogen-bond acceptors (Lipinski definition) is 5. The van der Waals surface area contributed by atoms with Crippen molar-refractivity contribution in [1.29, 1.82) is 0 Å². The molecule has 2 heterocycles. The Hall–Kier alpha value is -2.63. The molecular weight excluding hydrogens is 375 g/mol. The molecule has 0 spiro atoms. The van der Waals surface area contributed by atoms with Gasteiger partial charge in [0.05, 0.1) is 18.9 Å². The Morgan fingerprint density at radius 1 is 1.00 bits per heavy atom. The van der Waals surface area contributed by atoms with Crippen molar-refractivity contribution in [2.24, 2.45) is 0 Å². The number of methoxy groups -OCH3 is 1. The summed E-state index contributed by atoms with van der Waals surface area (Å²) in [6, 6.07) is 12.6. The third-order valence-corrected chi connectivity index (χ3v) is 4.06. The lowest BCUT2D eigenvalue weighted by Gasteiger charge is -2.13. The Balaban J connectivity index is 1.96. The van der Waals surface area contributed by atoms with Crippen LogP contribution in [0.2, 0.25) is 10.3 Å². The van der Waals surface area contributed by atoms with E-state index in [1.54, 1.807) is 12.1 Å². The second-order valence-electron chi connectivity index (χ2n) is 5.32. The molecule has 0 N–H and O–H groups in total. The van der Waals surface area contributed by atoms with Crippen LogP contribution in [0.25, 0.3) is 11.1 Å². The highest BCUT2D eigenvalue weighted by atomic mass is 35.5. The van der Waals surface area contributed by atoms with Gasteiger partial charge in [0.2, 0.25) is 0 Å². The Bertz CT molecular complexity index is 933. The van der Waals surface area contributed by atoms with Crippen molar-refractivity contribution in [2.45, 2.75) is 6.61 Å². The Morgan fingerprint density at radius 3 is 2.35 bits per heavy atom. The van der Waals surface area contributed by atoms with E-state index in [4.69, 9.17) is 32.7 Å². The molecule has 0 fully saturated rings. The molecule has 0 unspecified atom stereocenters. The molecule has 1 aromatic carbocycles. The number of hydrogen-bond donors (Lipinski definition) is 0. The van der Waals surface area contributed by atoms with Gasteiger partial charge in [-0.3, -0.25) is 0 Å². The second-order valence-corrected chi connectivity index (χ2v) is 6.10. The van der Waals surface area contributed by atoms with E-state index in [1.807, 2.05) is 30.3 Å². The lowest BCUT2D eigenvalue weighted by molar-refractivity contribution is 0.0473. The number of halogens is 2. The van der Waals surface area contributed by atoms with Crippen LogP contribution < -0.4 is 4.74 Å². The van der Waals surface area contributed by atoms with Crippen LogP contribution in [0.5, 0.6) is 5.75 Å². The summed E-state index contributed by atoms with van der Waals surface area (Å²) in [5, 5.41) is 0.493. The molecule has 0 atom stereocenters. The molecule has 3 rings (SSSR count). The zero-order valence-corrected chi connectivity index (χ0v) is 15.3. The lowest BCUT2D eigenvalue weighted by Crippen LogP contribution is -2.08. The fourth-order valence-electron chi connectivity index (χ4n) is 2.41. The quantitative estimate of drug-likeness (QED) is 0.463. The van der Waals surface area contributed by atoms with Crippen LogP contribution in [0.1, 0.15) is 15.9 Å². The number of esters is 1. The Labute approximate surface area is 160 Å². The summed E-state index contributed by atoms with van der Waals surface area (Å²) in [5.74, 6) is -0.0724. The fourth-order valence-corrected chi connectivity index (χ4v) is 2.72. The van der Waals surface area contributed by atoms with Gasteiger partial charge in [0.25, 0.3) is 0 Å². The predicted octanol–water partition coefficient (Wildman–Crippen LogP) is 4.82. The van der Waals surface area contributed by atoms with Gasteiger partial charge in [-0.25, -0.2) is 14.8 Å². The van der Waals surface area contributed by atoms with Gasteiger partial charge in [-0.05, 0) is 17.7 Å². The van der Waals surface area contributed by atoms with E-state index in [0.29, 0.717) is 16.9 Å². The summed E-state index contributed by atoms with van der Waals surface area (Å²) in [6.45, 7) is 0.149. The van der Waals surface area contributed by atoms with E-state index < -0.39 is 5.97 Å². The number of ether oxygens (including phenoxy) is 2. The number of carbonyl (C=O) groups excluding carboxylic acids is 1. The molecule has 132 valence electrons. The molecule has 3 aromatic rings. The average molecular weight is 389 g/mol. The normalized spacial score (nSPS) is 10.4. The molecule has 5 nitrogen and oxygen atoms in total. The van der Waals surface area contributed by atoms with Crippen molar-refractivity contribution in [3.8, 4) is 16.9 Å². The maximum absolute atomic E-state index is 12.6. The van der Waals surface area contributed by atoms with Gasteiger partial charge >= 0.3 is 5.97 Å². The van der Waals surface area contributed by atoms with Gasteiger partial charge in [0.1, 0.15) is 22.7 Å². The summed E-state index contributed by atoms with van der Waals surface area (Å²) in [6.07, 6.45) is 2.85. The number of benzene rings is 1. The van der Waals surface area contributed by atoms with Crippen LogP contribution in [0.3, 0.4) is 0 Å². The largest absolute Gasteiger partial charge is 0.494 e. The van der Waals surface area contributed by atoms with E-state index in [0.717, 1.165) is 5.56 Å². The standard InChI is InChI=1S/C19H14Cl2N2O3/c1-25-16-10-23-18(21)8-14(16)13-7-17(20)22-9-15(13)19(24)26-11-12-5-3-2-4-6-12/h2-10H,11H2,1H3. The van der Waals surface area contributed by atoms with Crippen molar-refractivity contribution >= 4 is 29.2 Å². The van der Waals surface area contributed by atoms with E-state index in [-0.39, 0.29) is 22.5 Å². The summed E-state index contributed by atoms with van der Waals surface area (Å²) in [4.78, 5) is 20.6. The summed E-state index contributed by atoms with van der Waals surface area (Å²) >= 11 is 12.0. The molecule has 0 aliphatic rings. The lowest BCUT2D eigenvalue weighted by atomic mass is 10.0. The minimum atomic E-state index is -0.525. The van der Waals surface area contributed by atoms with Gasteiger partial charge in [0.15, 0.2) is 0 Å². The van der Waals surface area contributed by atoms with E-state index in [9.17, 15) is 4.79 Å². The third kappa shape index (κ3) is 4.12. The van der Waals surface area contributed by atoms with Gasteiger partial charge in [-0.15, -0.1) is 0 Å². The van der Waals surface area contributed by atoms with Crippen molar-refractivity contribution < 1.29 is 14.3 Å². The molecule has 0 radical (unpaired) electrons. The van der Waals surface area contributed by atoms with Crippen molar-refractivity contribution in [3.05, 3.63) is 76.3 Å². The molecule has 0 saturated heterocycles.